The molecule has 5 aromatic rings. The summed E-state index contributed by atoms with van der Waals surface area (Å²) in [5.74, 6) is 0. The van der Waals surface area contributed by atoms with Crippen LogP contribution in [0.25, 0.3) is 44.2 Å². The monoisotopic (exact) mass is 332 g/mol. The van der Waals surface area contributed by atoms with Gasteiger partial charge < -0.3 is 14.5 Å². The van der Waals surface area contributed by atoms with Gasteiger partial charge in [0.2, 0.25) is 0 Å². The van der Waals surface area contributed by atoms with E-state index in [1.165, 1.54) is 12.1 Å². The highest BCUT2D eigenvalue weighted by atomic mass is 16.3. The highest BCUT2D eigenvalue weighted by Gasteiger charge is 2.21. The highest BCUT2D eigenvalue weighted by molar-refractivity contribution is 6.14. The second-order valence-electron chi connectivity index (χ2n) is 5.91. The predicted molar refractivity (Wildman–Crippen MR) is 94.7 cm³/mol. The highest BCUT2D eigenvalue weighted by Crippen LogP contribution is 2.37. The van der Waals surface area contributed by atoms with Crippen molar-refractivity contribution in [2.24, 2.45) is 7.05 Å². The fraction of sp³-hybridized carbons (Fsp3) is 0.0556. The van der Waals surface area contributed by atoms with Crippen molar-refractivity contribution in [3.8, 4) is 11.1 Å². The molecule has 0 radical (unpaired) electrons. The maximum absolute atomic E-state index is 12.4. The molecule has 7 nitrogen and oxygen atoms in total. The second kappa shape index (κ2) is 4.70. The summed E-state index contributed by atoms with van der Waals surface area (Å²) in [6.07, 6.45) is 3.37. The van der Waals surface area contributed by atoms with E-state index in [4.69, 9.17) is 9.40 Å². The minimum absolute atomic E-state index is 0.136. The number of aryl methyl sites for hydroxylation is 1. The largest absolute Gasteiger partial charge is 0.454 e. The van der Waals surface area contributed by atoms with Crippen LogP contribution in [-0.2, 0) is 7.05 Å². The van der Waals surface area contributed by atoms with E-state index in [2.05, 4.69) is 10.1 Å². The van der Waals surface area contributed by atoms with Gasteiger partial charge in [0.05, 0.1) is 5.56 Å². The van der Waals surface area contributed by atoms with Gasteiger partial charge in [0, 0.05) is 41.8 Å². The van der Waals surface area contributed by atoms with Crippen LogP contribution in [-0.4, -0.2) is 19.7 Å². The van der Waals surface area contributed by atoms with Gasteiger partial charge in [0.1, 0.15) is 11.1 Å². The zero-order chi connectivity index (χ0) is 17.1. The fourth-order valence-electron chi connectivity index (χ4n) is 3.24. The molecular formula is C18H12N4O3. The van der Waals surface area contributed by atoms with Crippen LogP contribution in [0.1, 0.15) is 0 Å². The van der Waals surface area contributed by atoms with Crippen LogP contribution in [0, 0.1) is 0 Å². The van der Waals surface area contributed by atoms with Crippen molar-refractivity contribution >= 4 is 33.1 Å². The van der Waals surface area contributed by atoms with Crippen LogP contribution in [0.3, 0.4) is 0 Å². The summed E-state index contributed by atoms with van der Waals surface area (Å²) in [5.41, 5.74) is 3.06. The molecule has 0 aliphatic heterocycles. The molecule has 2 N–H and O–H groups in total. The van der Waals surface area contributed by atoms with Crippen molar-refractivity contribution in [3.63, 3.8) is 0 Å². The van der Waals surface area contributed by atoms with Crippen LogP contribution in [0.5, 0.6) is 0 Å². The number of aromatic amines is 2. The van der Waals surface area contributed by atoms with Crippen LogP contribution < -0.4 is 11.0 Å². The molecule has 25 heavy (non-hydrogen) atoms. The fourth-order valence-corrected chi connectivity index (χ4v) is 3.24. The molecule has 4 aromatic heterocycles. The molecule has 0 amide bonds. The third-order valence-corrected chi connectivity index (χ3v) is 4.40. The maximum atomic E-state index is 12.4. The van der Waals surface area contributed by atoms with Crippen molar-refractivity contribution in [1.29, 1.82) is 0 Å². The number of H-pyrrole nitrogens is 2. The lowest BCUT2D eigenvalue weighted by molar-refractivity contribution is 0.669. The Balaban J connectivity index is 2.09. The molecular weight excluding hydrogens is 320 g/mol. The van der Waals surface area contributed by atoms with Crippen LogP contribution in [0.2, 0.25) is 0 Å². The number of fused-ring (bicyclic) bond motifs is 4. The third-order valence-electron chi connectivity index (χ3n) is 4.40. The van der Waals surface area contributed by atoms with Crippen LogP contribution in [0.15, 0.2) is 56.7 Å². The third kappa shape index (κ3) is 1.83. The number of benzene rings is 1. The minimum atomic E-state index is -0.217. The van der Waals surface area contributed by atoms with E-state index in [9.17, 15) is 9.59 Å². The summed E-state index contributed by atoms with van der Waals surface area (Å²) in [4.78, 5) is 31.4. The number of hydrogen-bond donors (Lipinski definition) is 2. The molecule has 122 valence electrons. The van der Waals surface area contributed by atoms with Gasteiger partial charge in [-0.25, -0.2) is 4.98 Å². The summed E-state index contributed by atoms with van der Waals surface area (Å²) in [5, 5.41) is 4.59. The molecule has 7 heteroatoms. The number of rotatable bonds is 1. The van der Waals surface area contributed by atoms with Crippen molar-refractivity contribution < 1.29 is 4.42 Å². The van der Waals surface area contributed by atoms with E-state index in [1.54, 1.807) is 35.3 Å². The van der Waals surface area contributed by atoms with Gasteiger partial charge in [-0.05, 0) is 24.3 Å². The number of aromatic nitrogens is 4. The van der Waals surface area contributed by atoms with E-state index < -0.39 is 0 Å². The molecule has 4 heterocycles. The normalized spacial score (nSPS) is 11.7. The molecule has 0 atom stereocenters. The van der Waals surface area contributed by atoms with Gasteiger partial charge in [-0.3, -0.25) is 14.3 Å². The Kier molecular flexibility index (Phi) is 2.59. The molecule has 0 unspecified atom stereocenters. The predicted octanol–water partition coefficient (Wildman–Crippen LogP) is 2.52. The number of nitrogens with zero attached hydrogens (tertiary/aromatic N) is 2. The number of pyridine rings is 2. The van der Waals surface area contributed by atoms with Gasteiger partial charge in [-0.2, -0.15) is 0 Å². The molecule has 0 aliphatic carbocycles. The SMILES string of the molecule is Cn1[nH]cc2c(-c3ccc[nH]c3=O)c3oc4cc(=O)ccc4c3nc21. The lowest BCUT2D eigenvalue weighted by atomic mass is 10.0. The van der Waals surface area contributed by atoms with Crippen molar-refractivity contribution in [3.05, 3.63) is 63.3 Å². The first-order chi connectivity index (χ1) is 12.1. The summed E-state index contributed by atoms with van der Waals surface area (Å²) in [6.45, 7) is 0. The lowest BCUT2D eigenvalue weighted by Gasteiger charge is -2.04. The number of nitrogens with one attached hydrogen (secondary N) is 2. The van der Waals surface area contributed by atoms with E-state index >= 15 is 0 Å². The summed E-state index contributed by atoms with van der Waals surface area (Å²) in [6, 6.07) is 8.13. The first-order valence-electron chi connectivity index (χ1n) is 7.72. The maximum Gasteiger partial charge on any atom is 0.255 e. The van der Waals surface area contributed by atoms with E-state index in [0.717, 1.165) is 10.8 Å². The Morgan fingerprint density at radius 1 is 1.16 bits per heavy atom. The topological polar surface area (TPSA) is 96.7 Å². The second-order valence-corrected chi connectivity index (χ2v) is 5.91. The molecule has 0 saturated heterocycles. The van der Waals surface area contributed by atoms with Gasteiger partial charge in [0.15, 0.2) is 16.7 Å². The molecule has 0 saturated carbocycles. The smallest absolute Gasteiger partial charge is 0.255 e. The Morgan fingerprint density at radius 3 is 2.88 bits per heavy atom. The summed E-state index contributed by atoms with van der Waals surface area (Å²) in [7, 11) is 1.85. The van der Waals surface area contributed by atoms with E-state index in [0.29, 0.717) is 33.5 Å². The van der Waals surface area contributed by atoms with Gasteiger partial charge in [-0.15, -0.1) is 0 Å². The van der Waals surface area contributed by atoms with Crippen molar-refractivity contribution in [1.82, 2.24) is 19.7 Å². The van der Waals surface area contributed by atoms with Crippen LogP contribution >= 0.6 is 0 Å². The summed E-state index contributed by atoms with van der Waals surface area (Å²) >= 11 is 0. The molecule has 1 aromatic carbocycles. The molecule has 0 fully saturated rings. The number of hydrogen-bond acceptors (Lipinski definition) is 4. The van der Waals surface area contributed by atoms with Gasteiger partial charge >= 0.3 is 0 Å². The Bertz CT molecular complexity index is 1400. The minimum Gasteiger partial charge on any atom is -0.454 e. The zero-order valence-corrected chi connectivity index (χ0v) is 13.2. The number of furan rings is 1. The molecule has 0 bridgehead atoms. The zero-order valence-electron chi connectivity index (χ0n) is 13.2. The Morgan fingerprint density at radius 2 is 2.04 bits per heavy atom. The average molecular weight is 332 g/mol. The Labute approximate surface area is 139 Å². The molecule has 0 spiro atoms. The standard InChI is InChI=1S/C18H12N4O3/c1-22-17-12(8-20-22)14(11-3-2-6-19-18(11)24)16-15(21-17)10-5-4-9(23)7-13(10)25-16/h2-8,20H,1H3,(H,19,24). The van der Waals surface area contributed by atoms with Crippen molar-refractivity contribution in [2.75, 3.05) is 0 Å². The van der Waals surface area contributed by atoms with Crippen LogP contribution in [0.4, 0.5) is 0 Å². The lowest BCUT2D eigenvalue weighted by Crippen LogP contribution is -2.07. The van der Waals surface area contributed by atoms with Gasteiger partial charge in [-0.1, -0.05) is 0 Å². The first-order valence-corrected chi connectivity index (χ1v) is 7.72. The Hall–Kier alpha value is -3.61. The van der Waals surface area contributed by atoms with E-state index in [1.807, 2.05) is 7.05 Å². The van der Waals surface area contributed by atoms with E-state index in [-0.39, 0.29) is 11.0 Å². The average Bonchev–Trinajstić information content (AvgIpc) is 3.14. The molecule has 0 aliphatic rings. The van der Waals surface area contributed by atoms with Crippen molar-refractivity contribution in [2.45, 2.75) is 0 Å². The van der Waals surface area contributed by atoms with Gasteiger partial charge in [0.25, 0.3) is 5.56 Å². The first kappa shape index (κ1) is 13.8. The quantitative estimate of drug-likeness (QED) is 0.493. The molecule has 5 rings (SSSR count). The summed E-state index contributed by atoms with van der Waals surface area (Å²) < 4.78 is 7.73.